The van der Waals surface area contributed by atoms with Crippen LogP contribution in [0.1, 0.15) is 33.7 Å². The van der Waals surface area contributed by atoms with Gasteiger partial charge in [-0.3, -0.25) is 14.6 Å². The molecule has 0 unspecified atom stereocenters. The molecule has 2 aliphatic rings. The third-order valence-corrected chi connectivity index (χ3v) is 4.78. The van der Waals surface area contributed by atoms with Gasteiger partial charge >= 0.3 is 0 Å². The molecule has 23 heavy (non-hydrogen) atoms. The molecule has 0 bridgehead atoms. The molecular weight excluding hydrogens is 316 g/mol. The summed E-state index contributed by atoms with van der Waals surface area (Å²) in [5.41, 5.74) is 0.883. The molecule has 0 radical (unpaired) electrons. The Hall–Kier alpha value is -1.66. The molecule has 7 heteroatoms. The summed E-state index contributed by atoms with van der Waals surface area (Å²) in [4.78, 5) is 30.1. The first-order valence-electron chi connectivity index (χ1n) is 7.87. The lowest BCUT2D eigenvalue weighted by atomic mass is 9.92. The van der Waals surface area contributed by atoms with Crippen LogP contribution in [0.3, 0.4) is 0 Å². The summed E-state index contributed by atoms with van der Waals surface area (Å²) in [7, 11) is 1.56. The number of fused-ring (bicyclic) bond motifs is 1. The van der Waals surface area contributed by atoms with Crippen molar-refractivity contribution in [3.05, 3.63) is 29.6 Å². The van der Waals surface area contributed by atoms with Crippen LogP contribution in [0.15, 0.2) is 18.3 Å². The Morgan fingerprint density at radius 3 is 2.39 bits per heavy atom. The molecule has 2 amide bonds. The van der Waals surface area contributed by atoms with Crippen molar-refractivity contribution in [1.82, 2.24) is 20.5 Å². The third kappa shape index (κ3) is 3.82. The van der Waals surface area contributed by atoms with E-state index in [1.807, 2.05) is 4.90 Å². The number of hydrogen-bond donors (Lipinski definition) is 2. The molecule has 0 spiro atoms. The summed E-state index contributed by atoms with van der Waals surface area (Å²) in [6, 6.07) is 3.29. The van der Waals surface area contributed by atoms with Gasteiger partial charge in [-0.2, -0.15) is 0 Å². The standard InChI is InChI=1S/C16H22N4O2.ClH/c1-17-15(21)14-3-2-13(10-19-14)16(22)20-6-4-11-8-18-9-12(11)5-7-20;/h2-3,10-12,18H,4-9H2,1H3,(H,17,21);1H/t11-,12+;. The Balaban J connectivity index is 0.00000192. The molecule has 0 aromatic carbocycles. The first kappa shape index (κ1) is 17.7. The van der Waals surface area contributed by atoms with Crippen molar-refractivity contribution in [2.24, 2.45) is 11.8 Å². The van der Waals surface area contributed by atoms with Crippen LogP contribution in [-0.2, 0) is 0 Å². The summed E-state index contributed by atoms with van der Waals surface area (Å²) in [6.07, 6.45) is 3.63. The second kappa shape index (κ2) is 7.75. The number of hydrogen-bond acceptors (Lipinski definition) is 4. The van der Waals surface area contributed by atoms with E-state index in [1.165, 1.54) is 6.20 Å². The van der Waals surface area contributed by atoms with Gasteiger partial charge in [0.2, 0.25) is 0 Å². The Labute approximate surface area is 142 Å². The molecule has 2 N–H and O–H groups in total. The largest absolute Gasteiger partial charge is 0.354 e. The van der Waals surface area contributed by atoms with Crippen LogP contribution < -0.4 is 10.6 Å². The van der Waals surface area contributed by atoms with Gasteiger partial charge in [-0.05, 0) is 49.9 Å². The van der Waals surface area contributed by atoms with Crippen LogP contribution in [0.5, 0.6) is 0 Å². The topological polar surface area (TPSA) is 74.3 Å². The normalized spacial score (nSPS) is 23.4. The summed E-state index contributed by atoms with van der Waals surface area (Å²) in [5, 5.41) is 5.96. The lowest BCUT2D eigenvalue weighted by Crippen LogP contribution is -2.33. The average molecular weight is 339 g/mol. The number of halogens is 1. The number of carbonyl (C=O) groups excluding carboxylic acids is 2. The van der Waals surface area contributed by atoms with E-state index >= 15 is 0 Å². The molecule has 1 aromatic heterocycles. The molecule has 3 heterocycles. The monoisotopic (exact) mass is 338 g/mol. The molecule has 2 fully saturated rings. The van der Waals surface area contributed by atoms with Crippen molar-refractivity contribution in [2.75, 3.05) is 33.2 Å². The van der Waals surface area contributed by atoms with Crippen molar-refractivity contribution >= 4 is 24.2 Å². The van der Waals surface area contributed by atoms with Crippen molar-refractivity contribution in [3.63, 3.8) is 0 Å². The van der Waals surface area contributed by atoms with Gasteiger partial charge in [0.15, 0.2) is 0 Å². The first-order chi connectivity index (χ1) is 10.7. The van der Waals surface area contributed by atoms with Gasteiger partial charge in [-0.15, -0.1) is 12.4 Å². The predicted molar refractivity (Wildman–Crippen MR) is 89.9 cm³/mol. The van der Waals surface area contributed by atoms with E-state index in [2.05, 4.69) is 15.6 Å². The molecule has 2 aliphatic heterocycles. The Morgan fingerprint density at radius 1 is 1.22 bits per heavy atom. The van der Waals surface area contributed by atoms with Gasteiger partial charge in [0.05, 0.1) is 5.56 Å². The third-order valence-electron chi connectivity index (χ3n) is 4.78. The second-order valence-corrected chi connectivity index (χ2v) is 6.06. The fourth-order valence-corrected chi connectivity index (χ4v) is 3.39. The maximum absolute atomic E-state index is 12.6. The van der Waals surface area contributed by atoms with Crippen LogP contribution >= 0.6 is 12.4 Å². The lowest BCUT2D eigenvalue weighted by molar-refractivity contribution is 0.0757. The van der Waals surface area contributed by atoms with E-state index in [-0.39, 0.29) is 24.2 Å². The van der Waals surface area contributed by atoms with E-state index in [0.717, 1.165) is 39.0 Å². The van der Waals surface area contributed by atoms with Crippen LogP contribution in [0.4, 0.5) is 0 Å². The number of rotatable bonds is 2. The maximum Gasteiger partial charge on any atom is 0.269 e. The van der Waals surface area contributed by atoms with E-state index in [9.17, 15) is 9.59 Å². The number of carbonyl (C=O) groups is 2. The lowest BCUT2D eigenvalue weighted by Gasteiger charge is -2.20. The van der Waals surface area contributed by atoms with Gasteiger partial charge in [0, 0.05) is 26.3 Å². The summed E-state index contributed by atoms with van der Waals surface area (Å²) < 4.78 is 0. The molecule has 3 rings (SSSR count). The first-order valence-corrected chi connectivity index (χ1v) is 7.87. The zero-order valence-corrected chi connectivity index (χ0v) is 14.1. The van der Waals surface area contributed by atoms with Crippen molar-refractivity contribution < 1.29 is 9.59 Å². The summed E-state index contributed by atoms with van der Waals surface area (Å²) >= 11 is 0. The number of pyridine rings is 1. The van der Waals surface area contributed by atoms with Gasteiger partial charge < -0.3 is 15.5 Å². The Bertz CT molecular complexity index is 550. The van der Waals surface area contributed by atoms with Gasteiger partial charge in [-0.1, -0.05) is 0 Å². The molecular formula is C16H23ClN4O2. The van der Waals surface area contributed by atoms with Gasteiger partial charge in [0.25, 0.3) is 11.8 Å². The SMILES string of the molecule is CNC(=O)c1ccc(C(=O)N2CC[C@@H]3CNC[C@@H]3CC2)cn1.Cl. The van der Waals surface area contributed by atoms with Crippen molar-refractivity contribution in [3.8, 4) is 0 Å². The van der Waals surface area contributed by atoms with Crippen LogP contribution in [-0.4, -0.2) is 54.9 Å². The zero-order valence-electron chi connectivity index (χ0n) is 13.2. The van der Waals surface area contributed by atoms with Crippen LogP contribution in [0, 0.1) is 11.8 Å². The van der Waals surface area contributed by atoms with E-state index < -0.39 is 0 Å². The molecule has 2 saturated heterocycles. The maximum atomic E-state index is 12.6. The fraction of sp³-hybridized carbons (Fsp3) is 0.562. The second-order valence-electron chi connectivity index (χ2n) is 6.06. The highest BCUT2D eigenvalue weighted by Crippen LogP contribution is 2.27. The summed E-state index contributed by atoms with van der Waals surface area (Å²) in [5.74, 6) is 1.18. The molecule has 0 saturated carbocycles. The van der Waals surface area contributed by atoms with Crippen LogP contribution in [0.2, 0.25) is 0 Å². The molecule has 1 aromatic rings. The van der Waals surface area contributed by atoms with Crippen molar-refractivity contribution in [2.45, 2.75) is 12.8 Å². The number of aromatic nitrogens is 1. The molecule has 126 valence electrons. The fourth-order valence-electron chi connectivity index (χ4n) is 3.39. The number of amides is 2. The highest BCUT2D eigenvalue weighted by Gasteiger charge is 2.31. The number of nitrogens with zero attached hydrogens (tertiary/aromatic N) is 2. The molecule has 2 atom stereocenters. The van der Waals surface area contributed by atoms with Crippen LogP contribution in [0.25, 0.3) is 0 Å². The Kier molecular flexibility index (Phi) is 5.96. The number of likely N-dealkylation sites (tertiary alicyclic amines) is 1. The minimum Gasteiger partial charge on any atom is -0.354 e. The molecule has 0 aliphatic carbocycles. The minimum absolute atomic E-state index is 0. The quantitative estimate of drug-likeness (QED) is 0.841. The predicted octanol–water partition coefficient (Wildman–Crippen LogP) is 0.935. The van der Waals surface area contributed by atoms with Crippen molar-refractivity contribution in [1.29, 1.82) is 0 Å². The van der Waals surface area contributed by atoms with E-state index in [1.54, 1.807) is 19.2 Å². The number of nitrogens with one attached hydrogen (secondary N) is 2. The van der Waals surface area contributed by atoms with Gasteiger partial charge in [0.1, 0.15) is 5.69 Å². The highest BCUT2D eigenvalue weighted by molar-refractivity contribution is 5.96. The van der Waals surface area contributed by atoms with E-state index in [0.29, 0.717) is 23.1 Å². The smallest absolute Gasteiger partial charge is 0.269 e. The molecule has 6 nitrogen and oxygen atoms in total. The minimum atomic E-state index is -0.242. The summed E-state index contributed by atoms with van der Waals surface area (Å²) in [6.45, 7) is 3.77. The van der Waals surface area contributed by atoms with E-state index in [4.69, 9.17) is 0 Å². The van der Waals surface area contributed by atoms with Gasteiger partial charge in [-0.25, -0.2) is 0 Å². The highest BCUT2D eigenvalue weighted by atomic mass is 35.5. The Morgan fingerprint density at radius 2 is 1.87 bits per heavy atom. The average Bonchev–Trinajstić information content (AvgIpc) is 2.92. The zero-order chi connectivity index (χ0) is 15.5.